The Morgan fingerprint density at radius 1 is 1.31 bits per heavy atom. The molecule has 82 valence electrons. The molecule has 0 aliphatic rings. The third kappa shape index (κ3) is 5.37. The van der Waals surface area contributed by atoms with Gasteiger partial charge in [0.15, 0.2) is 0 Å². The Kier molecular flexibility index (Phi) is 9.08. The zero-order valence-electron chi connectivity index (χ0n) is 9.20. The molecule has 0 atom stereocenters. The van der Waals surface area contributed by atoms with Crippen molar-refractivity contribution in [3.63, 3.8) is 0 Å². The normalized spacial score (nSPS) is 13.0. The van der Waals surface area contributed by atoms with Crippen LogP contribution < -0.4 is 0 Å². The molecule has 13 heavy (non-hydrogen) atoms. The maximum Gasteiger partial charge on any atom is 0.101 e. The van der Waals surface area contributed by atoms with Gasteiger partial charge in [0, 0.05) is 49.9 Å². The molecule has 0 aromatic rings. The van der Waals surface area contributed by atoms with Crippen LogP contribution in [-0.4, -0.2) is 22.5 Å². The molecule has 0 saturated heterocycles. The van der Waals surface area contributed by atoms with Crippen molar-refractivity contribution in [2.24, 2.45) is 4.99 Å². The van der Waals surface area contributed by atoms with E-state index in [2.05, 4.69) is 4.99 Å². The second kappa shape index (κ2) is 7.23. The Morgan fingerprint density at radius 2 is 1.69 bits per heavy atom. The van der Waals surface area contributed by atoms with Crippen LogP contribution in [0.3, 0.4) is 0 Å². The van der Waals surface area contributed by atoms with E-state index < -0.39 is 5.60 Å². The Morgan fingerprint density at radius 3 is 1.92 bits per heavy atom. The molecule has 0 spiro atoms. The second-order valence-corrected chi connectivity index (χ2v) is 3.55. The molecule has 0 saturated carbocycles. The van der Waals surface area contributed by atoms with Gasteiger partial charge in [0.25, 0.3) is 0 Å². The first-order valence-electron chi connectivity index (χ1n) is 4.73. The quantitative estimate of drug-likeness (QED) is 0.787. The summed E-state index contributed by atoms with van der Waals surface area (Å²) < 4.78 is 0. The van der Waals surface area contributed by atoms with E-state index in [-0.39, 0.29) is 44.2 Å². The number of aliphatic imine (C=N–C) groups is 1. The monoisotopic (exact) mass is 335 g/mol. The molecular formula is C10H21DyNO. The molecule has 0 aliphatic heterocycles. The van der Waals surface area contributed by atoms with Crippen molar-refractivity contribution < 1.29 is 43.3 Å². The fourth-order valence-corrected chi connectivity index (χ4v) is 1.27. The van der Waals surface area contributed by atoms with E-state index in [0.717, 1.165) is 18.6 Å². The Labute approximate surface area is 112 Å². The third-order valence-corrected chi connectivity index (χ3v) is 2.30. The summed E-state index contributed by atoms with van der Waals surface area (Å²) in [6.45, 7) is 9.93. The predicted octanol–water partition coefficient (Wildman–Crippen LogP) is 2.41. The van der Waals surface area contributed by atoms with Gasteiger partial charge in [-0.15, -0.1) is 0 Å². The molecule has 0 fully saturated rings. The van der Waals surface area contributed by atoms with Gasteiger partial charge in [-0.1, -0.05) is 13.8 Å². The standard InChI is InChI=1S/C10H21NO.Dy/c1-6-10(12,7-2)9(5)11-8(3)4;/h8,12H,6-7H2,1-5H3;. The maximum atomic E-state index is 10.0. The predicted molar refractivity (Wildman–Crippen MR) is 53.8 cm³/mol. The number of nitrogens with zero attached hydrogens (tertiary/aromatic N) is 1. The fourth-order valence-electron chi connectivity index (χ4n) is 1.27. The zero-order chi connectivity index (χ0) is 9.78. The van der Waals surface area contributed by atoms with Crippen LogP contribution in [0.4, 0.5) is 0 Å². The van der Waals surface area contributed by atoms with Gasteiger partial charge in [0.05, 0.1) is 0 Å². The minimum absolute atomic E-state index is 0. The SMILES string of the molecule is CCC(O)(CC)C(C)=NC(C)C.[Dy]. The topological polar surface area (TPSA) is 32.6 Å². The molecule has 0 aliphatic carbocycles. The van der Waals surface area contributed by atoms with Gasteiger partial charge in [-0.2, -0.15) is 0 Å². The first-order valence-corrected chi connectivity index (χ1v) is 4.73. The number of rotatable bonds is 4. The summed E-state index contributed by atoms with van der Waals surface area (Å²) >= 11 is 0. The minimum atomic E-state index is -0.676. The number of hydrogen-bond acceptors (Lipinski definition) is 2. The summed E-state index contributed by atoms with van der Waals surface area (Å²) in [5, 5.41) is 10.0. The van der Waals surface area contributed by atoms with E-state index in [1.54, 1.807) is 0 Å². The van der Waals surface area contributed by atoms with Crippen molar-refractivity contribution in [3.05, 3.63) is 0 Å². The van der Waals surface area contributed by atoms with Gasteiger partial charge in [0.1, 0.15) is 5.60 Å². The van der Waals surface area contributed by atoms with Gasteiger partial charge >= 0.3 is 0 Å². The van der Waals surface area contributed by atoms with Crippen LogP contribution in [0.5, 0.6) is 0 Å². The van der Waals surface area contributed by atoms with Crippen molar-refractivity contribution in [2.45, 2.75) is 59.1 Å². The van der Waals surface area contributed by atoms with Crippen LogP contribution in [-0.2, 0) is 0 Å². The summed E-state index contributed by atoms with van der Waals surface area (Å²) in [5.41, 5.74) is 0.187. The molecule has 1 N–H and O–H groups in total. The fraction of sp³-hybridized carbons (Fsp3) is 0.900. The van der Waals surface area contributed by atoms with Crippen LogP contribution in [0, 0.1) is 38.2 Å². The first kappa shape index (κ1) is 16.3. The van der Waals surface area contributed by atoms with Crippen LogP contribution in [0.2, 0.25) is 0 Å². The summed E-state index contributed by atoms with van der Waals surface area (Å²) in [5.74, 6) is 0. The molecule has 3 heteroatoms. The van der Waals surface area contributed by atoms with E-state index in [9.17, 15) is 5.11 Å². The van der Waals surface area contributed by atoms with Gasteiger partial charge in [-0.3, -0.25) is 4.99 Å². The zero-order valence-corrected chi connectivity index (χ0v) is 11.2. The van der Waals surface area contributed by atoms with Crippen LogP contribution in [0.15, 0.2) is 4.99 Å². The van der Waals surface area contributed by atoms with E-state index in [4.69, 9.17) is 0 Å². The minimum Gasteiger partial charge on any atom is -0.384 e. The van der Waals surface area contributed by atoms with Gasteiger partial charge in [-0.05, 0) is 33.6 Å². The van der Waals surface area contributed by atoms with Gasteiger partial charge in [-0.25, -0.2) is 0 Å². The van der Waals surface area contributed by atoms with Crippen molar-refractivity contribution in [1.29, 1.82) is 0 Å². The van der Waals surface area contributed by atoms with Crippen LogP contribution >= 0.6 is 0 Å². The maximum absolute atomic E-state index is 10.0. The summed E-state index contributed by atoms with van der Waals surface area (Å²) in [7, 11) is 0. The molecule has 0 amide bonds. The van der Waals surface area contributed by atoms with Crippen molar-refractivity contribution in [2.75, 3.05) is 0 Å². The average molecular weight is 334 g/mol. The van der Waals surface area contributed by atoms with Gasteiger partial charge in [0.2, 0.25) is 0 Å². The first-order chi connectivity index (χ1) is 5.46. The molecule has 0 unspecified atom stereocenters. The molecule has 0 bridgehead atoms. The number of hydrogen-bond donors (Lipinski definition) is 1. The molecule has 2 nitrogen and oxygen atoms in total. The summed E-state index contributed by atoms with van der Waals surface area (Å²) in [6, 6.07) is 0.273. The van der Waals surface area contributed by atoms with E-state index in [0.29, 0.717) is 0 Å². The van der Waals surface area contributed by atoms with Gasteiger partial charge < -0.3 is 5.11 Å². The molecule has 0 rings (SSSR count). The Bertz CT molecular complexity index is 162. The Balaban J connectivity index is 0. The van der Waals surface area contributed by atoms with Crippen molar-refractivity contribution in [1.82, 2.24) is 0 Å². The average Bonchev–Trinajstić information content (AvgIpc) is 2.02. The molecule has 0 aromatic heterocycles. The van der Waals surface area contributed by atoms with E-state index in [1.165, 1.54) is 0 Å². The van der Waals surface area contributed by atoms with Crippen molar-refractivity contribution >= 4 is 5.71 Å². The summed E-state index contributed by atoms with van der Waals surface area (Å²) in [4.78, 5) is 4.36. The number of aliphatic hydroxyl groups is 1. The second-order valence-electron chi connectivity index (χ2n) is 3.55. The van der Waals surface area contributed by atoms with E-state index in [1.807, 2.05) is 34.6 Å². The van der Waals surface area contributed by atoms with E-state index >= 15 is 0 Å². The van der Waals surface area contributed by atoms with Crippen molar-refractivity contribution in [3.8, 4) is 0 Å². The van der Waals surface area contributed by atoms with Crippen LogP contribution in [0.1, 0.15) is 47.5 Å². The molecular weight excluding hydrogens is 313 g/mol. The summed E-state index contributed by atoms with van der Waals surface area (Å²) in [6.07, 6.45) is 1.48. The largest absolute Gasteiger partial charge is 0.384 e. The molecule has 0 radical (unpaired) electrons. The smallest absolute Gasteiger partial charge is 0.101 e. The third-order valence-electron chi connectivity index (χ3n) is 2.30. The van der Waals surface area contributed by atoms with Crippen LogP contribution in [0.25, 0.3) is 0 Å². The Hall–Kier alpha value is 0.903. The molecule has 0 heterocycles. The molecule has 0 aromatic carbocycles.